The second kappa shape index (κ2) is 8.23. The molecule has 0 aliphatic carbocycles. The number of carbonyl (C=O) groups is 2. The van der Waals surface area contributed by atoms with Crippen molar-refractivity contribution in [1.29, 1.82) is 0 Å². The number of primary amides is 1. The molecule has 0 saturated carbocycles. The Morgan fingerprint density at radius 1 is 1.36 bits per heavy atom. The van der Waals surface area contributed by atoms with E-state index in [9.17, 15) is 9.59 Å². The largest absolute Gasteiger partial charge is 0.493 e. The minimum atomic E-state index is -0.854. The molecule has 0 aromatic heterocycles. The first-order valence-electron chi connectivity index (χ1n) is 6.99. The number of hydrogen-bond donors (Lipinski definition) is 2. The van der Waals surface area contributed by atoms with Crippen molar-refractivity contribution in [2.45, 2.75) is 26.4 Å². The van der Waals surface area contributed by atoms with E-state index < -0.39 is 18.0 Å². The number of amides is 3. The van der Waals surface area contributed by atoms with E-state index in [0.717, 1.165) is 5.56 Å². The van der Waals surface area contributed by atoms with Gasteiger partial charge in [-0.1, -0.05) is 6.07 Å². The number of benzene rings is 1. The van der Waals surface area contributed by atoms with Crippen molar-refractivity contribution in [2.24, 2.45) is 5.73 Å². The molecular formula is C15H23N3O4. The molecule has 3 N–H and O–H groups in total. The minimum absolute atomic E-state index is 0.437. The first-order chi connectivity index (χ1) is 10.4. The first kappa shape index (κ1) is 17.8. The first-order valence-corrected chi connectivity index (χ1v) is 6.99. The van der Waals surface area contributed by atoms with Crippen molar-refractivity contribution in [3.05, 3.63) is 23.8 Å². The molecule has 0 unspecified atom stereocenters. The Morgan fingerprint density at radius 2 is 2.05 bits per heavy atom. The molecule has 0 saturated heterocycles. The van der Waals surface area contributed by atoms with E-state index in [1.54, 1.807) is 26.0 Å². The van der Waals surface area contributed by atoms with Crippen molar-refractivity contribution < 1.29 is 19.1 Å². The maximum Gasteiger partial charge on any atom is 0.318 e. The number of imide groups is 1. The molecule has 1 aromatic rings. The second-order valence-corrected chi connectivity index (χ2v) is 4.86. The molecule has 7 nitrogen and oxygen atoms in total. The van der Waals surface area contributed by atoms with E-state index in [1.807, 2.05) is 25.1 Å². The SMILES string of the molecule is CCOc1ccc(CN(C)[C@@H](C)C(=O)NC(N)=O)cc1OC. The van der Waals surface area contributed by atoms with Crippen LogP contribution in [0, 0.1) is 0 Å². The van der Waals surface area contributed by atoms with Gasteiger partial charge in [0.1, 0.15) is 0 Å². The maximum atomic E-state index is 11.7. The van der Waals surface area contributed by atoms with Crippen LogP contribution in [0.1, 0.15) is 19.4 Å². The Morgan fingerprint density at radius 3 is 2.59 bits per heavy atom. The number of nitrogens with zero attached hydrogens (tertiary/aromatic N) is 1. The van der Waals surface area contributed by atoms with Crippen molar-refractivity contribution in [1.82, 2.24) is 10.2 Å². The van der Waals surface area contributed by atoms with Crippen LogP contribution in [0.25, 0.3) is 0 Å². The van der Waals surface area contributed by atoms with Gasteiger partial charge in [0.25, 0.3) is 0 Å². The third-order valence-electron chi connectivity index (χ3n) is 3.25. The van der Waals surface area contributed by atoms with Gasteiger partial charge in [0.05, 0.1) is 19.8 Å². The summed E-state index contributed by atoms with van der Waals surface area (Å²) < 4.78 is 10.8. The summed E-state index contributed by atoms with van der Waals surface area (Å²) in [5, 5.41) is 2.07. The van der Waals surface area contributed by atoms with Gasteiger partial charge in [0.2, 0.25) is 5.91 Å². The molecule has 1 rings (SSSR count). The van der Waals surface area contributed by atoms with Crippen molar-refractivity contribution in [3.8, 4) is 11.5 Å². The highest BCUT2D eigenvalue weighted by Crippen LogP contribution is 2.28. The molecule has 7 heteroatoms. The van der Waals surface area contributed by atoms with E-state index in [2.05, 4.69) is 5.32 Å². The van der Waals surface area contributed by atoms with Crippen LogP contribution in [0.4, 0.5) is 4.79 Å². The zero-order valence-electron chi connectivity index (χ0n) is 13.4. The smallest absolute Gasteiger partial charge is 0.318 e. The molecule has 0 heterocycles. The normalized spacial score (nSPS) is 11.9. The zero-order valence-corrected chi connectivity index (χ0v) is 13.4. The summed E-state index contributed by atoms with van der Waals surface area (Å²) in [7, 11) is 3.36. The molecule has 0 radical (unpaired) electrons. The predicted octanol–water partition coefficient (Wildman–Crippen LogP) is 1.11. The Hall–Kier alpha value is -2.28. The lowest BCUT2D eigenvalue weighted by Crippen LogP contribution is -2.46. The number of ether oxygens (including phenoxy) is 2. The van der Waals surface area contributed by atoms with Gasteiger partial charge in [-0.25, -0.2) is 4.79 Å². The number of nitrogens with two attached hydrogens (primary N) is 1. The molecule has 0 aliphatic rings. The molecule has 22 heavy (non-hydrogen) atoms. The van der Waals surface area contributed by atoms with Crippen molar-refractivity contribution in [2.75, 3.05) is 20.8 Å². The van der Waals surface area contributed by atoms with Crippen LogP contribution in [0.3, 0.4) is 0 Å². The molecule has 1 aromatic carbocycles. The van der Waals surface area contributed by atoms with Gasteiger partial charge < -0.3 is 15.2 Å². The number of nitrogens with one attached hydrogen (secondary N) is 1. The lowest BCUT2D eigenvalue weighted by atomic mass is 10.1. The summed E-state index contributed by atoms with van der Waals surface area (Å²) in [5.41, 5.74) is 5.91. The van der Waals surface area contributed by atoms with Crippen LogP contribution in [0.5, 0.6) is 11.5 Å². The Bertz CT molecular complexity index is 534. The average Bonchev–Trinajstić information content (AvgIpc) is 2.47. The number of rotatable bonds is 7. The van der Waals surface area contributed by atoms with E-state index in [0.29, 0.717) is 24.7 Å². The Kier molecular flexibility index (Phi) is 6.65. The van der Waals surface area contributed by atoms with E-state index in [4.69, 9.17) is 15.2 Å². The molecule has 0 bridgehead atoms. The van der Waals surface area contributed by atoms with Crippen molar-refractivity contribution >= 4 is 11.9 Å². The lowest BCUT2D eigenvalue weighted by Gasteiger charge is -2.23. The summed E-state index contributed by atoms with van der Waals surface area (Å²) in [6.07, 6.45) is 0. The highest BCUT2D eigenvalue weighted by atomic mass is 16.5. The molecule has 0 spiro atoms. The van der Waals surface area contributed by atoms with E-state index >= 15 is 0 Å². The standard InChI is InChI=1S/C15H23N3O4/c1-5-22-12-7-6-11(8-13(12)21-4)9-18(3)10(2)14(19)17-15(16)20/h6-8,10H,5,9H2,1-4H3,(H3,16,17,19,20)/t10-/m0/s1. The second-order valence-electron chi connectivity index (χ2n) is 4.86. The maximum absolute atomic E-state index is 11.7. The van der Waals surface area contributed by atoms with Crippen LogP contribution < -0.4 is 20.5 Å². The van der Waals surface area contributed by atoms with Gasteiger partial charge in [-0.05, 0) is 38.6 Å². The highest BCUT2D eigenvalue weighted by Gasteiger charge is 2.19. The number of methoxy groups -OCH3 is 1. The summed E-state index contributed by atoms with van der Waals surface area (Å²) in [6.45, 7) is 4.67. The fourth-order valence-electron chi connectivity index (χ4n) is 1.94. The number of carbonyl (C=O) groups excluding carboxylic acids is 2. The zero-order chi connectivity index (χ0) is 16.7. The van der Waals surface area contributed by atoms with Gasteiger partial charge in [0.15, 0.2) is 11.5 Å². The topological polar surface area (TPSA) is 93.9 Å². The minimum Gasteiger partial charge on any atom is -0.493 e. The third-order valence-corrected chi connectivity index (χ3v) is 3.25. The van der Waals surface area contributed by atoms with Gasteiger partial charge in [-0.3, -0.25) is 15.0 Å². The van der Waals surface area contributed by atoms with Crippen LogP contribution in [-0.2, 0) is 11.3 Å². The highest BCUT2D eigenvalue weighted by molar-refractivity contribution is 5.96. The third kappa shape index (κ3) is 4.92. The monoisotopic (exact) mass is 309 g/mol. The molecular weight excluding hydrogens is 286 g/mol. The van der Waals surface area contributed by atoms with Gasteiger partial charge in [0, 0.05) is 6.54 Å². The number of urea groups is 1. The quantitative estimate of drug-likeness (QED) is 0.787. The molecule has 1 atom stereocenters. The molecule has 122 valence electrons. The number of likely N-dealkylation sites (N-methyl/N-ethyl adjacent to an activating group) is 1. The fraction of sp³-hybridized carbons (Fsp3) is 0.467. The summed E-state index contributed by atoms with van der Waals surface area (Å²) in [5.74, 6) is 0.880. The van der Waals surface area contributed by atoms with Crippen LogP contribution in [0.2, 0.25) is 0 Å². The molecule has 3 amide bonds. The van der Waals surface area contributed by atoms with E-state index in [-0.39, 0.29) is 0 Å². The molecule has 0 aliphatic heterocycles. The van der Waals surface area contributed by atoms with Crippen LogP contribution in [-0.4, -0.2) is 43.6 Å². The van der Waals surface area contributed by atoms with Gasteiger partial charge in [-0.15, -0.1) is 0 Å². The predicted molar refractivity (Wildman–Crippen MR) is 82.8 cm³/mol. The van der Waals surface area contributed by atoms with E-state index in [1.165, 1.54) is 0 Å². The number of hydrogen-bond acceptors (Lipinski definition) is 5. The lowest BCUT2D eigenvalue weighted by molar-refractivity contribution is -0.124. The van der Waals surface area contributed by atoms with Gasteiger partial charge >= 0.3 is 6.03 Å². The average molecular weight is 309 g/mol. The van der Waals surface area contributed by atoms with Crippen molar-refractivity contribution in [3.63, 3.8) is 0 Å². The van der Waals surface area contributed by atoms with Gasteiger partial charge in [-0.2, -0.15) is 0 Å². The Labute approximate surface area is 130 Å². The Balaban J connectivity index is 2.77. The summed E-state index contributed by atoms with van der Waals surface area (Å²) in [4.78, 5) is 24.3. The summed E-state index contributed by atoms with van der Waals surface area (Å²) in [6, 6.07) is 4.25. The summed E-state index contributed by atoms with van der Waals surface area (Å²) >= 11 is 0. The fourth-order valence-corrected chi connectivity index (χ4v) is 1.94. The van der Waals surface area contributed by atoms with Crippen LogP contribution >= 0.6 is 0 Å². The van der Waals surface area contributed by atoms with Crippen LogP contribution in [0.15, 0.2) is 18.2 Å². The molecule has 0 fully saturated rings.